The van der Waals surface area contributed by atoms with Gasteiger partial charge >= 0.3 is 0 Å². The Morgan fingerprint density at radius 2 is 1.92 bits per heavy atom. The van der Waals surface area contributed by atoms with Crippen LogP contribution in [0.1, 0.15) is 25.8 Å². The quantitative estimate of drug-likeness (QED) is 0.524. The Morgan fingerprint density at radius 1 is 1.14 bits per heavy atom. The number of aromatic nitrogens is 3. The van der Waals surface area contributed by atoms with Crippen LogP contribution in [0.15, 0.2) is 36.8 Å². The summed E-state index contributed by atoms with van der Waals surface area (Å²) in [5.74, 6) is 0.195. The first-order valence-corrected chi connectivity index (χ1v) is 12.7. The Hall–Kier alpha value is -2.68. The lowest BCUT2D eigenvalue weighted by Gasteiger charge is -2.23. The van der Waals surface area contributed by atoms with Crippen LogP contribution in [0.25, 0.3) is 16.8 Å². The van der Waals surface area contributed by atoms with Crippen molar-refractivity contribution >= 4 is 47.0 Å². The van der Waals surface area contributed by atoms with Crippen LogP contribution in [0.2, 0.25) is 5.02 Å². The summed E-state index contributed by atoms with van der Waals surface area (Å²) in [6, 6.07) is 8.49. The molecule has 7 rings (SSSR count). The second kappa shape index (κ2) is 8.16. The Labute approximate surface area is 220 Å². The molecule has 36 heavy (non-hydrogen) atoms. The van der Waals surface area contributed by atoms with Gasteiger partial charge in [0, 0.05) is 41.6 Å². The van der Waals surface area contributed by atoms with E-state index in [0.29, 0.717) is 17.0 Å². The van der Waals surface area contributed by atoms with Crippen molar-refractivity contribution < 1.29 is 9.59 Å². The molecule has 0 spiro atoms. The topological polar surface area (TPSA) is 82.8 Å². The largest absolute Gasteiger partial charge is 0.369 e. The Balaban J connectivity index is 0.00000240. The number of rotatable bonds is 4. The average molecular weight is 527 g/mol. The van der Waals surface area contributed by atoms with E-state index in [-0.39, 0.29) is 48.0 Å². The third-order valence-corrected chi connectivity index (χ3v) is 8.85. The van der Waals surface area contributed by atoms with Gasteiger partial charge in [-0.25, -0.2) is 9.50 Å². The maximum atomic E-state index is 12.8. The third kappa shape index (κ3) is 3.38. The molecule has 5 heterocycles. The summed E-state index contributed by atoms with van der Waals surface area (Å²) in [7, 11) is 0. The molecule has 1 aliphatic carbocycles. The Kier molecular flexibility index (Phi) is 5.37. The van der Waals surface area contributed by atoms with E-state index in [9.17, 15) is 9.59 Å². The maximum Gasteiger partial charge on any atom is 0.233 e. The highest BCUT2D eigenvalue weighted by molar-refractivity contribution is 6.31. The Morgan fingerprint density at radius 3 is 2.67 bits per heavy atom. The highest BCUT2D eigenvalue weighted by Crippen LogP contribution is 2.63. The van der Waals surface area contributed by atoms with Crippen molar-refractivity contribution in [2.24, 2.45) is 23.2 Å². The van der Waals surface area contributed by atoms with Gasteiger partial charge in [-0.1, -0.05) is 25.4 Å². The fourth-order valence-electron chi connectivity index (χ4n) is 6.64. The van der Waals surface area contributed by atoms with Gasteiger partial charge in [0.05, 0.1) is 29.6 Å². The molecule has 3 aromatic rings. The average Bonchev–Trinajstić information content (AvgIpc) is 3.35. The van der Waals surface area contributed by atoms with Gasteiger partial charge in [0.2, 0.25) is 11.8 Å². The molecular weight excluding hydrogens is 499 g/mol. The fourth-order valence-corrected chi connectivity index (χ4v) is 6.81. The number of carbonyl (C=O) groups is 2. The van der Waals surface area contributed by atoms with Gasteiger partial charge in [-0.2, -0.15) is 5.10 Å². The van der Waals surface area contributed by atoms with Crippen LogP contribution in [0.3, 0.4) is 0 Å². The van der Waals surface area contributed by atoms with Crippen LogP contribution in [0.4, 0.5) is 5.69 Å². The zero-order valence-electron chi connectivity index (χ0n) is 20.1. The zero-order valence-corrected chi connectivity index (χ0v) is 21.7. The number of fused-ring (bicyclic) bond motifs is 3. The van der Waals surface area contributed by atoms with Gasteiger partial charge in [0.1, 0.15) is 6.33 Å². The van der Waals surface area contributed by atoms with E-state index in [1.807, 2.05) is 38.2 Å². The summed E-state index contributed by atoms with van der Waals surface area (Å²) in [6.07, 6.45) is 4.63. The number of halogens is 2. The molecule has 3 aliphatic heterocycles. The predicted molar refractivity (Wildman–Crippen MR) is 139 cm³/mol. The summed E-state index contributed by atoms with van der Waals surface area (Å²) in [5, 5.41) is 8.67. The monoisotopic (exact) mass is 526 g/mol. The first kappa shape index (κ1) is 23.7. The lowest BCUT2D eigenvalue weighted by molar-refractivity contribution is -0.143. The Bertz CT molecular complexity index is 1370. The van der Waals surface area contributed by atoms with E-state index < -0.39 is 0 Å². The lowest BCUT2D eigenvalue weighted by atomic mass is 10.1. The number of hydrogen-bond acceptors (Lipinski definition) is 6. The first-order chi connectivity index (χ1) is 16.8. The first-order valence-electron chi connectivity index (χ1n) is 12.3. The van der Waals surface area contributed by atoms with Crippen molar-refractivity contribution in [2.75, 3.05) is 24.5 Å². The minimum atomic E-state index is -0.207. The van der Waals surface area contributed by atoms with Crippen molar-refractivity contribution in [1.82, 2.24) is 24.8 Å². The third-order valence-electron chi connectivity index (χ3n) is 8.61. The van der Waals surface area contributed by atoms with E-state index in [0.717, 1.165) is 47.7 Å². The fraction of sp³-hybridized carbons (Fsp3) is 0.462. The minimum absolute atomic E-state index is 0. The van der Waals surface area contributed by atoms with Gasteiger partial charge < -0.3 is 10.2 Å². The molecule has 2 aromatic heterocycles. The van der Waals surface area contributed by atoms with E-state index in [1.165, 1.54) is 11.3 Å². The highest BCUT2D eigenvalue weighted by Gasteiger charge is 2.72. The second-order valence-corrected chi connectivity index (χ2v) is 11.4. The lowest BCUT2D eigenvalue weighted by Crippen LogP contribution is -2.35. The van der Waals surface area contributed by atoms with Gasteiger partial charge in [0.25, 0.3) is 0 Å². The van der Waals surface area contributed by atoms with Crippen molar-refractivity contribution in [3.63, 3.8) is 0 Å². The van der Waals surface area contributed by atoms with Crippen molar-refractivity contribution in [2.45, 2.75) is 32.9 Å². The van der Waals surface area contributed by atoms with E-state index in [1.54, 1.807) is 10.8 Å². The molecule has 10 heteroatoms. The number of nitrogens with one attached hydrogen (secondary N) is 1. The summed E-state index contributed by atoms with van der Waals surface area (Å²) in [6.45, 7) is 7.32. The number of likely N-dealkylation sites (tertiary alicyclic amines) is 1. The van der Waals surface area contributed by atoms with Crippen LogP contribution in [0.5, 0.6) is 0 Å². The standard InChI is InChI=1S/C26H27ClN6O2.ClH/c1-26(2)21-22(26)25(35)32(24(21)34)9-14-7-20-23(29-13-30-33(20)10-14)17-8-16(27)3-4-19(17)31-11-15-5-6-28-18(15)12-31;/h3-4,7-8,10,13,15,18,21-22,28H,5-6,9,11-12H2,1-2H3;1H/t15-,18+,21?,22?;/m0./s1. The molecule has 4 atom stereocenters. The van der Waals surface area contributed by atoms with E-state index in [2.05, 4.69) is 26.4 Å². The van der Waals surface area contributed by atoms with Crippen molar-refractivity contribution in [3.05, 3.63) is 47.4 Å². The van der Waals surface area contributed by atoms with Crippen LogP contribution in [-0.4, -0.2) is 57.0 Å². The van der Waals surface area contributed by atoms with Crippen LogP contribution in [-0.2, 0) is 16.1 Å². The number of nitrogens with zero attached hydrogens (tertiary/aromatic N) is 5. The number of imide groups is 1. The number of benzene rings is 1. The molecule has 2 unspecified atom stereocenters. The maximum absolute atomic E-state index is 12.8. The van der Waals surface area contributed by atoms with Crippen LogP contribution < -0.4 is 10.2 Å². The molecule has 188 valence electrons. The normalized spacial score (nSPS) is 28.0. The van der Waals surface area contributed by atoms with E-state index in [4.69, 9.17) is 11.6 Å². The minimum Gasteiger partial charge on any atom is -0.369 e. The summed E-state index contributed by atoms with van der Waals surface area (Å²) in [4.78, 5) is 34.2. The predicted octanol–water partition coefficient (Wildman–Crippen LogP) is 3.41. The molecule has 1 saturated carbocycles. The van der Waals surface area contributed by atoms with Gasteiger partial charge in [0.15, 0.2) is 0 Å². The van der Waals surface area contributed by atoms with Crippen molar-refractivity contribution in [3.8, 4) is 11.3 Å². The van der Waals surface area contributed by atoms with Crippen LogP contribution >= 0.6 is 24.0 Å². The molecule has 1 N–H and O–H groups in total. The molecule has 1 aromatic carbocycles. The summed E-state index contributed by atoms with van der Waals surface area (Å²) in [5.41, 5.74) is 4.34. The molecule has 3 saturated heterocycles. The molecular formula is C26H28Cl2N6O2. The second-order valence-electron chi connectivity index (χ2n) is 11.0. The zero-order chi connectivity index (χ0) is 24.1. The number of carbonyl (C=O) groups excluding carboxylic acids is 2. The smallest absolute Gasteiger partial charge is 0.233 e. The number of hydrogen-bond donors (Lipinski definition) is 1. The molecule has 0 bridgehead atoms. The van der Waals surface area contributed by atoms with E-state index >= 15 is 0 Å². The number of piperidine rings is 1. The summed E-state index contributed by atoms with van der Waals surface area (Å²) < 4.78 is 1.78. The van der Waals surface area contributed by atoms with Gasteiger partial charge in [-0.05, 0) is 54.1 Å². The van der Waals surface area contributed by atoms with Crippen LogP contribution in [0, 0.1) is 23.2 Å². The van der Waals surface area contributed by atoms with Gasteiger partial charge in [-0.3, -0.25) is 14.5 Å². The number of amides is 2. The summed E-state index contributed by atoms with van der Waals surface area (Å²) >= 11 is 6.45. The van der Waals surface area contributed by atoms with Gasteiger partial charge in [-0.15, -0.1) is 12.4 Å². The highest BCUT2D eigenvalue weighted by atomic mass is 35.5. The molecule has 0 radical (unpaired) electrons. The molecule has 8 nitrogen and oxygen atoms in total. The van der Waals surface area contributed by atoms with Crippen molar-refractivity contribution in [1.29, 1.82) is 0 Å². The molecule has 4 fully saturated rings. The number of anilines is 1. The molecule has 4 aliphatic rings. The molecule has 2 amide bonds. The SMILES string of the molecule is CC1(C)C2C(=O)N(Cc3cc4c(-c5cc(Cl)ccc5N5C[C@@H]6CCN[C@@H]6C5)ncnn4c3)C(=O)C21.Cl.